The first-order valence-electron chi connectivity index (χ1n) is 6.74. The van der Waals surface area contributed by atoms with E-state index in [0.717, 1.165) is 31.7 Å². The van der Waals surface area contributed by atoms with Crippen LogP contribution in [0.2, 0.25) is 0 Å². The van der Waals surface area contributed by atoms with Gasteiger partial charge in [0.05, 0.1) is 24.3 Å². The van der Waals surface area contributed by atoms with Crippen LogP contribution in [0.1, 0.15) is 29.6 Å². The smallest absolute Gasteiger partial charge is 0.250 e. The molecule has 0 radical (unpaired) electrons. The third kappa shape index (κ3) is 2.14. The number of morpholine rings is 1. The molecule has 2 fully saturated rings. The molecule has 19 heavy (non-hydrogen) atoms. The fourth-order valence-corrected chi connectivity index (χ4v) is 3.18. The number of hydrogen-bond acceptors (Lipinski definition) is 4. The number of benzene rings is 1. The van der Waals surface area contributed by atoms with E-state index >= 15 is 0 Å². The van der Waals surface area contributed by atoms with E-state index < -0.39 is 5.91 Å². The molecule has 2 atom stereocenters. The normalized spacial score (nSPS) is 26.2. The minimum Gasteiger partial charge on any atom is -0.398 e. The van der Waals surface area contributed by atoms with Crippen molar-refractivity contribution in [2.24, 2.45) is 5.73 Å². The Morgan fingerprint density at radius 1 is 1.37 bits per heavy atom. The second-order valence-electron chi connectivity index (χ2n) is 5.24. The SMILES string of the molecule is NC(=O)c1cc(N2CCOC3CCCC32)ccc1N. The van der Waals surface area contributed by atoms with Gasteiger partial charge >= 0.3 is 0 Å². The largest absolute Gasteiger partial charge is 0.398 e. The molecule has 5 heteroatoms. The average molecular weight is 261 g/mol. The summed E-state index contributed by atoms with van der Waals surface area (Å²) in [5.74, 6) is -0.476. The second-order valence-corrected chi connectivity index (χ2v) is 5.24. The lowest BCUT2D eigenvalue weighted by atomic mass is 10.1. The zero-order valence-electron chi connectivity index (χ0n) is 10.8. The molecule has 1 saturated carbocycles. The Kier molecular flexibility index (Phi) is 3.06. The van der Waals surface area contributed by atoms with Crippen LogP contribution in [0.25, 0.3) is 0 Å². The quantitative estimate of drug-likeness (QED) is 0.782. The van der Waals surface area contributed by atoms with Gasteiger partial charge in [0.2, 0.25) is 0 Å². The molecule has 3 rings (SSSR count). The van der Waals surface area contributed by atoms with Crippen LogP contribution in [0.3, 0.4) is 0 Å². The molecule has 5 nitrogen and oxygen atoms in total. The number of nitrogens with zero attached hydrogens (tertiary/aromatic N) is 1. The van der Waals surface area contributed by atoms with Crippen LogP contribution >= 0.6 is 0 Å². The standard InChI is InChI=1S/C14H19N3O2/c15-11-5-4-9(8-10(11)14(16)18)17-6-7-19-13-3-1-2-12(13)17/h4-5,8,12-13H,1-3,6-7,15H2,(H2,16,18). The minimum atomic E-state index is -0.476. The number of nitrogens with two attached hydrogens (primary N) is 2. The summed E-state index contributed by atoms with van der Waals surface area (Å²) in [6, 6.07) is 5.94. The van der Waals surface area contributed by atoms with E-state index in [1.807, 2.05) is 6.07 Å². The van der Waals surface area contributed by atoms with Gasteiger partial charge in [-0.1, -0.05) is 0 Å². The molecule has 0 spiro atoms. The predicted molar refractivity (Wildman–Crippen MR) is 74.1 cm³/mol. The van der Waals surface area contributed by atoms with Crippen LogP contribution in [-0.4, -0.2) is 31.2 Å². The number of carbonyl (C=O) groups excluding carboxylic acids is 1. The number of amides is 1. The average Bonchev–Trinajstić information content (AvgIpc) is 2.87. The maximum atomic E-state index is 11.4. The van der Waals surface area contributed by atoms with E-state index in [4.69, 9.17) is 16.2 Å². The molecule has 1 heterocycles. The van der Waals surface area contributed by atoms with Crippen LogP contribution in [0, 0.1) is 0 Å². The van der Waals surface area contributed by atoms with Crippen molar-refractivity contribution in [3.63, 3.8) is 0 Å². The Bertz CT molecular complexity index is 503. The van der Waals surface area contributed by atoms with E-state index in [9.17, 15) is 4.79 Å². The van der Waals surface area contributed by atoms with Gasteiger partial charge in [0, 0.05) is 17.9 Å². The van der Waals surface area contributed by atoms with E-state index in [1.165, 1.54) is 6.42 Å². The van der Waals surface area contributed by atoms with E-state index in [0.29, 0.717) is 23.4 Å². The first kappa shape index (κ1) is 12.3. The van der Waals surface area contributed by atoms with Gasteiger partial charge in [-0.2, -0.15) is 0 Å². The Hall–Kier alpha value is -1.75. The maximum Gasteiger partial charge on any atom is 0.250 e. The first-order chi connectivity index (χ1) is 9.16. The molecule has 0 aromatic heterocycles. The highest BCUT2D eigenvalue weighted by Crippen LogP contribution is 2.34. The minimum absolute atomic E-state index is 0.323. The molecular weight excluding hydrogens is 242 g/mol. The van der Waals surface area contributed by atoms with Crippen LogP contribution < -0.4 is 16.4 Å². The summed E-state index contributed by atoms with van der Waals surface area (Å²) in [6.45, 7) is 1.58. The number of primary amides is 1. The highest BCUT2D eigenvalue weighted by molar-refractivity contribution is 5.99. The lowest BCUT2D eigenvalue weighted by Gasteiger charge is -2.39. The molecule has 1 aromatic rings. The zero-order valence-corrected chi connectivity index (χ0v) is 10.8. The van der Waals surface area contributed by atoms with Crippen molar-refractivity contribution < 1.29 is 9.53 Å². The lowest BCUT2D eigenvalue weighted by molar-refractivity contribution is 0.0256. The van der Waals surface area contributed by atoms with Crippen molar-refractivity contribution in [2.75, 3.05) is 23.8 Å². The Morgan fingerprint density at radius 2 is 2.21 bits per heavy atom. The lowest BCUT2D eigenvalue weighted by Crippen LogP contribution is -2.48. The van der Waals surface area contributed by atoms with Crippen molar-refractivity contribution in [1.29, 1.82) is 0 Å². The number of fused-ring (bicyclic) bond motifs is 1. The summed E-state index contributed by atoms with van der Waals surface area (Å²) in [5, 5.41) is 0. The fraction of sp³-hybridized carbons (Fsp3) is 0.500. The topological polar surface area (TPSA) is 81.6 Å². The first-order valence-corrected chi connectivity index (χ1v) is 6.74. The van der Waals surface area contributed by atoms with Gasteiger partial charge in [0.15, 0.2) is 0 Å². The highest BCUT2D eigenvalue weighted by atomic mass is 16.5. The van der Waals surface area contributed by atoms with Gasteiger partial charge in [0.25, 0.3) is 5.91 Å². The van der Waals surface area contributed by atoms with Crippen molar-refractivity contribution >= 4 is 17.3 Å². The van der Waals surface area contributed by atoms with Crippen molar-refractivity contribution in [1.82, 2.24) is 0 Å². The Labute approximate surface area is 112 Å². The number of nitrogen functional groups attached to an aromatic ring is 1. The fourth-order valence-electron chi connectivity index (χ4n) is 3.18. The van der Waals surface area contributed by atoms with Gasteiger partial charge in [-0.3, -0.25) is 4.79 Å². The number of hydrogen-bond donors (Lipinski definition) is 2. The Balaban J connectivity index is 1.93. The second kappa shape index (κ2) is 4.74. The van der Waals surface area contributed by atoms with Crippen molar-refractivity contribution in [2.45, 2.75) is 31.4 Å². The molecule has 1 aliphatic heterocycles. The molecule has 1 aromatic carbocycles. The van der Waals surface area contributed by atoms with Crippen molar-refractivity contribution in [3.8, 4) is 0 Å². The summed E-state index contributed by atoms with van der Waals surface area (Å²) < 4.78 is 5.80. The van der Waals surface area contributed by atoms with Crippen LogP contribution in [-0.2, 0) is 4.74 Å². The van der Waals surface area contributed by atoms with Crippen molar-refractivity contribution in [3.05, 3.63) is 23.8 Å². The summed E-state index contributed by atoms with van der Waals surface area (Å²) >= 11 is 0. The van der Waals surface area contributed by atoms with E-state index in [1.54, 1.807) is 12.1 Å². The molecule has 2 aliphatic rings. The summed E-state index contributed by atoms with van der Waals surface area (Å²) in [6.07, 6.45) is 3.78. The van der Waals surface area contributed by atoms with Crippen LogP contribution in [0.5, 0.6) is 0 Å². The van der Waals surface area contributed by atoms with E-state index in [2.05, 4.69) is 4.90 Å². The van der Waals surface area contributed by atoms with Gasteiger partial charge < -0.3 is 21.1 Å². The molecule has 0 bridgehead atoms. The van der Waals surface area contributed by atoms with Gasteiger partial charge in [-0.25, -0.2) is 0 Å². The number of anilines is 2. The molecule has 1 aliphatic carbocycles. The van der Waals surface area contributed by atoms with Gasteiger partial charge in [0.1, 0.15) is 0 Å². The van der Waals surface area contributed by atoms with Crippen LogP contribution in [0.15, 0.2) is 18.2 Å². The molecule has 4 N–H and O–H groups in total. The van der Waals surface area contributed by atoms with Gasteiger partial charge in [-0.05, 0) is 37.5 Å². The third-order valence-electron chi connectivity index (χ3n) is 4.12. The summed E-state index contributed by atoms with van der Waals surface area (Å²) in [4.78, 5) is 13.7. The predicted octanol–water partition coefficient (Wildman–Crippen LogP) is 1.13. The molecule has 2 unspecified atom stereocenters. The molecule has 1 amide bonds. The molecule has 1 saturated heterocycles. The highest BCUT2D eigenvalue weighted by Gasteiger charge is 2.36. The monoisotopic (exact) mass is 261 g/mol. The van der Waals surface area contributed by atoms with Gasteiger partial charge in [-0.15, -0.1) is 0 Å². The number of carbonyl (C=O) groups is 1. The van der Waals surface area contributed by atoms with Crippen LogP contribution in [0.4, 0.5) is 11.4 Å². The Morgan fingerprint density at radius 3 is 3.00 bits per heavy atom. The summed E-state index contributed by atoms with van der Waals surface area (Å²) in [7, 11) is 0. The molecular formula is C14H19N3O2. The zero-order chi connectivity index (χ0) is 13.4. The number of rotatable bonds is 2. The summed E-state index contributed by atoms with van der Waals surface area (Å²) in [5.41, 5.74) is 13.0. The maximum absolute atomic E-state index is 11.4. The molecule has 102 valence electrons. The van der Waals surface area contributed by atoms with E-state index in [-0.39, 0.29) is 0 Å². The third-order valence-corrected chi connectivity index (χ3v) is 4.12. The number of ether oxygens (including phenoxy) is 1.